The molecule has 5 rings (SSSR count). The van der Waals surface area contributed by atoms with Gasteiger partial charge in [0.05, 0.1) is 0 Å². The lowest BCUT2D eigenvalue weighted by Gasteiger charge is -2.69. The molecule has 2 spiro atoms. The SMILES string of the molecule is CCc1ccc(C2CCC3(CC2)CC2(CCC(c4ccc(CC)cc4)CC2)C3(Cl)Cl)cc1. The molecule has 0 amide bonds. The predicted octanol–water partition coefficient (Wildman–Crippen LogP) is 9.38. The highest BCUT2D eigenvalue weighted by Crippen LogP contribution is 2.77. The van der Waals surface area contributed by atoms with Crippen LogP contribution in [-0.4, -0.2) is 4.33 Å². The molecule has 0 nitrogen and oxygen atoms in total. The molecular weight excluding hydrogens is 431 g/mol. The van der Waals surface area contributed by atoms with Gasteiger partial charge in [0.15, 0.2) is 0 Å². The lowest BCUT2D eigenvalue weighted by molar-refractivity contribution is -0.107. The van der Waals surface area contributed by atoms with E-state index >= 15 is 0 Å². The van der Waals surface area contributed by atoms with Gasteiger partial charge in [-0.1, -0.05) is 62.4 Å². The molecule has 32 heavy (non-hydrogen) atoms. The predicted molar refractivity (Wildman–Crippen MR) is 138 cm³/mol. The van der Waals surface area contributed by atoms with Crippen molar-refractivity contribution >= 4 is 23.2 Å². The van der Waals surface area contributed by atoms with Gasteiger partial charge in [0.1, 0.15) is 4.33 Å². The molecule has 0 atom stereocenters. The van der Waals surface area contributed by atoms with Gasteiger partial charge in [-0.2, -0.15) is 0 Å². The highest BCUT2D eigenvalue weighted by atomic mass is 35.5. The van der Waals surface area contributed by atoms with E-state index < -0.39 is 4.33 Å². The minimum absolute atomic E-state index is 0.144. The number of alkyl halides is 2. The first-order valence-electron chi connectivity index (χ1n) is 13.0. The number of hydrogen-bond acceptors (Lipinski definition) is 0. The molecule has 2 heteroatoms. The van der Waals surface area contributed by atoms with Crippen molar-refractivity contribution in [1.82, 2.24) is 0 Å². The Labute approximate surface area is 205 Å². The third-order valence-electron chi connectivity index (χ3n) is 9.61. The van der Waals surface area contributed by atoms with Crippen molar-refractivity contribution in [3.05, 3.63) is 70.8 Å². The van der Waals surface area contributed by atoms with Crippen molar-refractivity contribution in [2.75, 3.05) is 0 Å². The van der Waals surface area contributed by atoms with Crippen molar-refractivity contribution in [2.45, 2.75) is 101 Å². The van der Waals surface area contributed by atoms with Crippen LogP contribution in [0, 0.1) is 10.8 Å². The van der Waals surface area contributed by atoms with Gasteiger partial charge in [0.25, 0.3) is 0 Å². The van der Waals surface area contributed by atoms with Crippen LogP contribution in [0.1, 0.15) is 106 Å². The van der Waals surface area contributed by atoms with Crippen LogP contribution in [0.25, 0.3) is 0 Å². The third kappa shape index (κ3) is 3.65. The Morgan fingerprint density at radius 3 is 1.25 bits per heavy atom. The summed E-state index contributed by atoms with van der Waals surface area (Å²) in [4.78, 5) is 0. The molecule has 0 aliphatic heterocycles. The third-order valence-corrected chi connectivity index (χ3v) is 11.2. The van der Waals surface area contributed by atoms with E-state index in [1.54, 1.807) is 0 Å². The van der Waals surface area contributed by atoms with Crippen LogP contribution in [0.3, 0.4) is 0 Å². The molecule has 2 aromatic rings. The molecule has 0 heterocycles. The Bertz CT molecular complexity index is 833. The van der Waals surface area contributed by atoms with E-state index in [-0.39, 0.29) is 10.8 Å². The number of rotatable bonds is 4. The second kappa shape index (κ2) is 8.66. The van der Waals surface area contributed by atoms with Crippen LogP contribution in [0.5, 0.6) is 0 Å². The summed E-state index contributed by atoms with van der Waals surface area (Å²) in [5.41, 5.74) is 6.17. The maximum absolute atomic E-state index is 7.31. The lowest BCUT2D eigenvalue weighted by Crippen LogP contribution is -2.66. The van der Waals surface area contributed by atoms with Gasteiger partial charge in [-0.15, -0.1) is 23.2 Å². The summed E-state index contributed by atoms with van der Waals surface area (Å²) in [6.07, 6.45) is 13.1. The first kappa shape index (κ1) is 22.8. The molecule has 0 radical (unpaired) electrons. The largest absolute Gasteiger partial charge is 0.129 e. The Hall–Kier alpha value is -0.980. The highest BCUT2D eigenvalue weighted by Gasteiger charge is 2.72. The average Bonchev–Trinajstić information content (AvgIpc) is 2.85. The molecule has 172 valence electrons. The number of benzene rings is 2. The zero-order valence-corrected chi connectivity index (χ0v) is 21.3. The van der Waals surface area contributed by atoms with E-state index in [2.05, 4.69) is 62.4 Å². The van der Waals surface area contributed by atoms with Crippen molar-refractivity contribution in [2.24, 2.45) is 10.8 Å². The Balaban J connectivity index is 1.21. The molecule has 0 aromatic heterocycles. The second-order valence-electron chi connectivity index (χ2n) is 11.1. The van der Waals surface area contributed by atoms with Gasteiger partial charge in [-0.25, -0.2) is 0 Å². The van der Waals surface area contributed by atoms with Gasteiger partial charge in [-0.3, -0.25) is 0 Å². The molecule has 3 fully saturated rings. The second-order valence-corrected chi connectivity index (χ2v) is 12.4. The van der Waals surface area contributed by atoms with E-state index in [4.69, 9.17) is 23.2 Å². The molecule has 2 aromatic carbocycles. The van der Waals surface area contributed by atoms with E-state index in [1.807, 2.05) is 0 Å². The Kier molecular flexibility index (Phi) is 6.17. The van der Waals surface area contributed by atoms with E-state index in [1.165, 1.54) is 80.0 Å². The first-order valence-corrected chi connectivity index (χ1v) is 13.7. The highest BCUT2D eigenvalue weighted by molar-refractivity contribution is 6.50. The standard InChI is InChI=1S/C30H38Cl2/c1-3-22-5-9-24(10-6-22)26-13-17-28(18-14-26)21-29(30(28,31)32)19-15-27(16-20-29)25-11-7-23(4-2)8-12-25/h5-12,26-27H,3-4,13-21H2,1-2H3. The maximum Gasteiger partial charge on any atom is 0.129 e. The fourth-order valence-electron chi connectivity index (χ4n) is 7.37. The smallest absolute Gasteiger partial charge is 0.100 e. The Morgan fingerprint density at radius 1 is 0.625 bits per heavy atom. The maximum atomic E-state index is 7.31. The zero-order chi connectivity index (χ0) is 22.4. The zero-order valence-electron chi connectivity index (χ0n) is 19.8. The van der Waals surface area contributed by atoms with Crippen molar-refractivity contribution in [3.63, 3.8) is 0 Å². The molecule has 0 bridgehead atoms. The minimum Gasteiger partial charge on any atom is -0.100 e. The van der Waals surface area contributed by atoms with Crippen molar-refractivity contribution in [3.8, 4) is 0 Å². The first-order chi connectivity index (χ1) is 15.4. The summed E-state index contributed by atoms with van der Waals surface area (Å²) >= 11 is 14.6. The quantitative estimate of drug-likeness (QED) is 0.391. The minimum atomic E-state index is -0.548. The molecule has 0 N–H and O–H groups in total. The number of halogens is 2. The van der Waals surface area contributed by atoms with Gasteiger partial charge < -0.3 is 0 Å². The topological polar surface area (TPSA) is 0 Å². The summed E-state index contributed by atoms with van der Waals surface area (Å²) in [7, 11) is 0. The van der Waals surface area contributed by atoms with Crippen LogP contribution >= 0.6 is 23.2 Å². The van der Waals surface area contributed by atoms with Gasteiger partial charge in [-0.05, 0) is 105 Å². The average molecular weight is 470 g/mol. The van der Waals surface area contributed by atoms with Crippen LogP contribution in [0.4, 0.5) is 0 Å². The summed E-state index contributed by atoms with van der Waals surface area (Å²) < 4.78 is -0.548. The van der Waals surface area contributed by atoms with Crippen LogP contribution in [0.2, 0.25) is 0 Å². The summed E-state index contributed by atoms with van der Waals surface area (Å²) in [5.74, 6) is 1.35. The molecule has 3 saturated carbocycles. The number of aryl methyl sites for hydroxylation is 2. The van der Waals surface area contributed by atoms with Gasteiger partial charge in [0, 0.05) is 10.8 Å². The Morgan fingerprint density at radius 2 is 0.969 bits per heavy atom. The lowest BCUT2D eigenvalue weighted by atomic mass is 9.43. The molecule has 0 unspecified atom stereocenters. The van der Waals surface area contributed by atoms with E-state index in [0.717, 1.165) is 12.8 Å². The van der Waals surface area contributed by atoms with Crippen LogP contribution in [0.15, 0.2) is 48.5 Å². The molecular formula is C30H38Cl2. The summed E-state index contributed by atoms with van der Waals surface area (Å²) in [6, 6.07) is 18.6. The van der Waals surface area contributed by atoms with Gasteiger partial charge >= 0.3 is 0 Å². The molecule has 0 saturated heterocycles. The van der Waals surface area contributed by atoms with E-state index in [9.17, 15) is 0 Å². The van der Waals surface area contributed by atoms with Crippen LogP contribution in [-0.2, 0) is 12.8 Å². The molecule has 3 aliphatic carbocycles. The summed E-state index contributed by atoms with van der Waals surface area (Å²) in [6.45, 7) is 4.45. The normalized spacial score (nSPS) is 33.9. The number of hydrogen-bond donors (Lipinski definition) is 0. The monoisotopic (exact) mass is 468 g/mol. The van der Waals surface area contributed by atoms with Crippen LogP contribution < -0.4 is 0 Å². The van der Waals surface area contributed by atoms with Gasteiger partial charge in [0.2, 0.25) is 0 Å². The van der Waals surface area contributed by atoms with Crippen molar-refractivity contribution < 1.29 is 0 Å². The van der Waals surface area contributed by atoms with E-state index in [0.29, 0.717) is 11.8 Å². The van der Waals surface area contributed by atoms with Crippen molar-refractivity contribution in [1.29, 1.82) is 0 Å². The fraction of sp³-hybridized carbons (Fsp3) is 0.600. The molecule has 3 aliphatic rings. The fourth-order valence-corrected chi connectivity index (χ4v) is 8.39. The summed E-state index contributed by atoms with van der Waals surface area (Å²) in [5, 5.41) is 0.